The summed E-state index contributed by atoms with van der Waals surface area (Å²) in [5.41, 5.74) is 0.377. The smallest absolute Gasteiger partial charge is 0.257 e. The summed E-state index contributed by atoms with van der Waals surface area (Å²) in [7, 11) is 0. The van der Waals surface area contributed by atoms with Gasteiger partial charge < -0.3 is 19.7 Å². The maximum absolute atomic E-state index is 13.1. The molecule has 0 spiro atoms. The zero-order valence-corrected chi connectivity index (χ0v) is 18.1. The van der Waals surface area contributed by atoms with Crippen LogP contribution in [0.15, 0.2) is 47.4 Å². The molecule has 2 aromatic rings. The fourth-order valence-corrected chi connectivity index (χ4v) is 4.54. The molecule has 0 saturated carbocycles. The van der Waals surface area contributed by atoms with E-state index in [4.69, 9.17) is 0 Å². The van der Waals surface area contributed by atoms with Crippen LogP contribution in [0.25, 0.3) is 0 Å². The van der Waals surface area contributed by atoms with Crippen molar-refractivity contribution in [2.45, 2.75) is 44.7 Å². The van der Waals surface area contributed by atoms with E-state index in [2.05, 4.69) is 10.2 Å². The number of pyridine rings is 1. The summed E-state index contributed by atoms with van der Waals surface area (Å²) in [5, 5.41) is 2.67. The molecule has 1 aromatic heterocycles. The topological polar surface area (TPSA) is 74.6 Å². The van der Waals surface area contributed by atoms with Gasteiger partial charge in [0.25, 0.3) is 11.5 Å². The lowest BCUT2D eigenvalue weighted by Crippen LogP contribution is -2.50. The Morgan fingerprint density at radius 2 is 1.69 bits per heavy atom. The number of piperidine rings is 1. The highest BCUT2D eigenvalue weighted by Crippen LogP contribution is 2.20. The monoisotopic (exact) mass is 440 g/mol. The van der Waals surface area contributed by atoms with Gasteiger partial charge in [-0.3, -0.25) is 14.4 Å². The Kier molecular flexibility index (Phi) is 6.99. The molecule has 170 valence electrons. The third-order valence-corrected chi connectivity index (χ3v) is 6.27. The molecule has 3 heterocycles. The van der Waals surface area contributed by atoms with E-state index in [0.717, 1.165) is 38.9 Å². The number of hydrogen-bond donors (Lipinski definition) is 1. The molecule has 0 bridgehead atoms. The normalized spacial score (nSPS) is 19.2. The summed E-state index contributed by atoms with van der Waals surface area (Å²) < 4.78 is 14.4. The number of amides is 2. The van der Waals surface area contributed by atoms with Crippen LogP contribution in [0.5, 0.6) is 0 Å². The lowest BCUT2D eigenvalue weighted by Gasteiger charge is -2.38. The van der Waals surface area contributed by atoms with Crippen LogP contribution in [0.2, 0.25) is 0 Å². The van der Waals surface area contributed by atoms with Gasteiger partial charge in [-0.15, -0.1) is 0 Å². The summed E-state index contributed by atoms with van der Waals surface area (Å²) in [6, 6.07) is 8.34. The molecule has 2 amide bonds. The third-order valence-electron chi connectivity index (χ3n) is 6.27. The highest BCUT2D eigenvalue weighted by molar-refractivity contribution is 6.04. The molecular formula is C24H29FN4O3. The molecule has 2 fully saturated rings. The van der Waals surface area contributed by atoms with Gasteiger partial charge in [0.05, 0.1) is 5.56 Å². The molecule has 1 N–H and O–H groups in total. The second-order valence-electron chi connectivity index (χ2n) is 8.59. The predicted molar refractivity (Wildman–Crippen MR) is 120 cm³/mol. The maximum atomic E-state index is 13.1. The van der Waals surface area contributed by atoms with Crippen molar-refractivity contribution in [2.75, 3.05) is 31.5 Å². The first kappa shape index (κ1) is 22.2. The molecule has 2 aliphatic rings. The molecule has 2 aliphatic heterocycles. The van der Waals surface area contributed by atoms with Crippen LogP contribution < -0.4 is 10.9 Å². The van der Waals surface area contributed by atoms with Gasteiger partial charge in [0, 0.05) is 37.1 Å². The van der Waals surface area contributed by atoms with Crippen LogP contribution in [0.1, 0.15) is 42.5 Å². The second kappa shape index (κ2) is 10.1. The van der Waals surface area contributed by atoms with Crippen LogP contribution in [-0.2, 0) is 11.3 Å². The summed E-state index contributed by atoms with van der Waals surface area (Å²) in [6.07, 6.45) is 6.90. The molecular weight excluding hydrogens is 411 g/mol. The lowest BCUT2D eigenvalue weighted by atomic mass is 10.0. The molecule has 0 aliphatic carbocycles. The number of aromatic nitrogens is 1. The average Bonchev–Trinajstić information content (AvgIpc) is 3.30. The van der Waals surface area contributed by atoms with Gasteiger partial charge in [-0.2, -0.15) is 0 Å². The van der Waals surface area contributed by atoms with Gasteiger partial charge in [-0.05, 0) is 75.5 Å². The molecule has 32 heavy (non-hydrogen) atoms. The van der Waals surface area contributed by atoms with Crippen LogP contribution in [0.3, 0.4) is 0 Å². The minimum atomic E-state index is -0.428. The third kappa shape index (κ3) is 5.43. The molecule has 7 nitrogen and oxygen atoms in total. The Labute approximate surface area is 186 Å². The van der Waals surface area contributed by atoms with E-state index in [9.17, 15) is 18.8 Å². The first-order chi connectivity index (χ1) is 15.5. The number of carbonyl (C=O) groups is 2. The zero-order chi connectivity index (χ0) is 22.5. The zero-order valence-electron chi connectivity index (χ0n) is 18.1. The van der Waals surface area contributed by atoms with Crippen LogP contribution in [0, 0.1) is 5.82 Å². The quantitative estimate of drug-likeness (QED) is 0.750. The van der Waals surface area contributed by atoms with E-state index in [1.54, 1.807) is 0 Å². The summed E-state index contributed by atoms with van der Waals surface area (Å²) in [6.45, 7) is 3.68. The first-order valence-electron chi connectivity index (χ1n) is 11.3. The summed E-state index contributed by atoms with van der Waals surface area (Å²) in [5.74, 6) is -0.911. The number of nitrogens with zero attached hydrogens (tertiary/aromatic N) is 3. The standard InChI is InChI=1S/C24H29FN4O3/c25-19-7-9-20(10-8-19)26-24(32)18-6-11-22(30)28(15-18)17-23(31)29-14-2-1-5-21(29)16-27-12-3-4-13-27/h6-11,15,21H,1-5,12-14,16-17H2,(H,26,32)/t21-/m1/s1. The number of rotatable bonds is 6. The Morgan fingerprint density at radius 1 is 0.969 bits per heavy atom. The molecule has 1 aromatic carbocycles. The van der Waals surface area contributed by atoms with Gasteiger partial charge in [0.2, 0.25) is 5.91 Å². The SMILES string of the molecule is O=C(Nc1ccc(F)cc1)c1ccc(=O)n(CC(=O)N2CCCC[C@@H]2CN2CCCC2)c1. The highest BCUT2D eigenvalue weighted by Gasteiger charge is 2.29. The fourth-order valence-electron chi connectivity index (χ4n) is 4.54. The number of benzene rings is 1. The van der Waals surface area contributed by atoms with E-state index >= 15 is 0 Å². The Bertz CT molecular complexity index is 1010. The van der Waals surface area contributed by atoms with E-state index < -0.39 is 11.7 Å². The van der Waals surface area contributed by atoms with Crippen molar-refractivity contribution in [3.63, 3.8) is 0 Å². The van der Waals surface area contributed by atoms with Crippen LogP contribution in [0.4, 0.5) is 10.1 Å². The number of carbonyl (C=O) groups excluding carboxylic acids is 2. The van der Waals surface area contributed by atoms with E-state index in [1.807, 2.05) is 4.90 Å². The van der Waals surface area contributed by atoms with Crippen molar-refractivity contribution in [2.24, 2.45) is 0 Å². The van der Waals surface area contributed by atoms with Gasteiger partial charge in [-0.1, -0.05) is 0 Å². The summed E-state index contributed by atoms with van der Waals surface area (Å²) >= 11 is 0. The molecule has 4 rings (SSSR count). The van der Waals surface area contributed by atoms with Crippen molar-refractivity contribution >= 4 is 17.5 Å². The minimum absolute atomic E-state index is 0.0903. The average molecular weight is 441 g/mol. The molecule has 2 saturated heterocycles. The fraction of sp³-hybridized carbons (Fsp3) is 0.458. The lowest BCUT2D eigenvalue weighted by molar-refractivity contribution is -0.136. The van der Waals surface area contributed by atoms with Crippen molar-refractivity contribution < 1.29 is 14.0 Å². The van der Waals surface area contributed by atoms with Gasteiger partial charge >= 0.3 is 0 Å². The minimum Gasteiger partial charge on any atom is -0.337 e. The van der Waals surface area contributed by atoms with Crippen molar-refractivity contribution in [3.8, 4) is 0 Å². The maximum Gasteiger partial charge on any atom is 0.257 e. The van der Waals surface area contributed by atoms with Gasteiger partial charge in [-0.25, -0.2) is 4.39 Å². The molecule has 0 unspecified atom stereocenters. The highest BCUT2D eigenvalue weighted by atomic mass is 19.1. The van der Waals surface area contributed by atoms with Crippen molar-refractivity contribution in [1.82, 2.24) is 14.4 Å². The largest absolute Gasteiger partial charge is 0.337 e. The second-order valence-corrected chi connectivity index (χ2v) is 8.59. The van der Waals surface area contributed by atoms with Crippen LogP contribution in [-0.4, -0.2) is 58.4 Å². The number of anilines is 1. The van der Waals surface area contributed by atoms with Crippen molar-refractivity contribution in [3.05, 3.63) is 64.3 Å². The Hall–Kier alpha value is -3.00. The van der Waals surface area contributed by atoms with Crippen LogP contribution >= 0.6 is 0 Å². The van der Waals surface area contributed by atoms with E-state index in [1.165, 1.54) is 60.0 Å². The van der Waals surface area contributed by atoms with E-state index in [0.29, 0.717) is 12.2 Å². The number of hydrogen-bond acceptors (Lipinski definition) is 4. The first-order valence-corrected chi connectivity index (χ1v) is 11.3. The summed E-state index contributed by atoms with van der Waals surface area (Å²) in [4.78, 5) is 42.4. The number of halogens is 1. The van der Waals surface area contributed by atoms with Gasteiger partial charge in [0.1, 0.15) is 12.4 Å². The van der Waals surface area contributed by atoms with E-state index in [-0.39, 0.29) is 29.6 Å². The molecule has 8 heteroatoms. The number of nitrogens with one attached hydrogen (secondary N) is 1. The Morgan fingerprint density at radius 3 is 2.44 bits per heavy atom. The van der Waals surface area contributed by atoms with Crippen molar-refractivity contribution in [1.29, 1.82) is 0 Å². The predicted octanol–water partition coefficient (Wildman–Crippen LogP) is 2.72. The number of likely N-dealkylation sites (tertiary alicyclic amines) is 2. The molecule has 0 radical (unpaired) electrons. The Balaban J connectivity index is 1.44. The van der Waals surface area contributed by atoms with Gasteiger partial charge in [0.15, 0.2) is 0 Å². The molecule has 1 atom stereocenters.